The molecule has 0 radical (unpaired) electrons. The molecule has 7 heteroatoms. The van der Waals surface area contributed by atoms with Gasteiger partial charge in [-0.15, -0.1) is 11.3 Å². The number of fused-ring (bicyclic) bond motifs is 3. The first-order valence-electron chi connectivity index (χ1n) is 8.31. The van der Waals surface area contributed by atoms with Gasteiger partial charge in [-0.25, -0.2) is 4.79 Å². The van der Waals surface area contributed by atoms with Gasteiger partial charge in [0.25, 0.3) is 0 Å². The molecule has 3 saturated carbocycles. The Bertz CT molecular complexity index is 647. The molecule has 3 aliphatic rings. The van der Waals surface area contributed by atoms with Crippen LogP contribution in [-0.2, 0) is 14.3 Å². The number of rotatable bonds is 5. The predicted molar refractivity (Wildman–Crippen MR) is 89.0 cm³/mol. The Morgan fingerprint density at radius 3 is 2.42 bits per heavy atom. The number of anilines is 1. The molecule has 1 amide bonds. The van der Waals surface area contributed by atoms with Gasteiger partial charge in [-0.2, -0.15) is 0 Å². The second-order valence-corrected chi connectivity index (χ2v) is 7.35. The zero-order valence-electron chi connectivity index (χ0n) is 13.5. The molecule has 0 aliphatic heterocycles. The fraction of sp³-hybridized carbons (Fsp3) is 0.588. The lowest BCUT2D eigenvalue weighted by Crippen LogP contribution is -2.49. The van der Waals surface area contributed by atoms with E-state index >= 15 is 0 Å². The Morgan fingerprint density at radius 2 is 1.83 bits per heavy atom. The van der Waals surface area contributed by atoms with E-state index in [0.717, 1.165) is 25.7 Å². The van der Waals surface area contributed by atoms with Crippen LogP contribution in [0.1, 0.15) is 43.0 Å². The molecule has 0 spiro atoms. The van der Waals surface area contributed by atoms with Gasteiger partial charge in [0.1, 0.15) is 5.00 Å². The molecule has 130 valence electrons. The molecule has 6 nitrogen and oxygen atoms in total. The largest absolute Gasteiger partial charge is 0.481 e. The highest BCUT2D eigenvalue weighted by atomic mass is 32.1. The second-order valence-electron chi connectivity index (χ2n) is 6.44. The first kappa shape index (κ1) is 17.0. The number of amides is 1. The number of carboxylic acid groups (broad SMARTS) is 1. The average Bonchev–Trinajstić information content (AvgIpc) is 3.03. The van der Waals surface area contributed by atoms with Gasteiger partial charge in [0.2, 0.25) is 5.91 Å². The topological polar surface area (TPSA) is 92.7 Å². The van der Waals surface area contributed by atoms with E-state index in [4.69, 9.17) is 4.74 Å². The van der Waals surface area contributed by atoms with E-state index < -0.39 is 23.8 Å². The molecule has 2 N–H and O–H groups in total. The van der Waals surface area contributed by atoms with Crippen LogP contribution in [-0.4, -0.2) is 29.6 Å². The summed E-state index contributed by atoms with van der Waals surface area (Å²) < 4.78 is 4.99. The van der Waals surface area contributed by atoms with Crippen LogP contribution in [0.3, 0.4) is 0 Å². The molecule has 1 aromatic heterocycles. The summed E-state index contributed by atoms with van der Waals surface area (Å²) in [6.45, 7) is 1.98. The van der Waals surface area contributed by atoms with E-state index in [1.54, 1.807) is 18.4 Å². The van der Waals surface area contributed by atoms with E-state index in [1.165, 1.54) is 11.3 Å². The lowest BCUT2D eigenvalue weighted by molar-refractivity contribution is -0.156. The Hall–Kier alpha value is -1.89. The number of carboxylic acids is 1. The van der Waals surface area contributed by atoms with Crippen molar-refractivity contribution in [1.82, 2.24) is 0 Å². The number of aliphatic carboxylic acids is 1. The van der Waals surface area contributed by atoms with Crippen molar-refractivity contribution >= 4 is 34.2 Å². The monoisotopic (exact) mass is 351 g/mol. The Balaban J connectivity index is 1.78. The van der Waals surface area contributed by atoms with Gasteiger partial charge < -0.3 is 15.2 Å². The lowest BCUT2D eigenvalue weighted by Gasteiger charge is -2.45. The quantitative estimate of drug-likeness (QED) is 0.796. The highest BCUT2D eigenvalue weighted by Crippen LogP contribution is 2.49. The van der Waals surface area contributed by atoms with Gasteiger partial charge in [0.15, 0.2) is 0 Å². The van der Waals surface area contributed by atoms with Gasteiger partial charge >= 0.3 is 11.9 Å². The lowest BCUT2D eigenvalue weighted by atomic mass is 9.58. The normalized spacial score (nSPS) is 28.4. The molecule has 1 aromatic rings. The minimum Gasteiger partial charge on any atom is -0.481 e. The van der Waals surface area contributed by atoms with E-state index in [1.807, 2.05) is 0 Å². The zero-order chi connectivity index (χ0) is 17.3. The van der Waals surface area contributed by atoms with E-state index in [0.29, 0.717) is 10.6 Å². The maximum atomic E-state index is 12.8. The summed E-state index contributed by atoms with van der Waals surface area (Å²) in [7, 11) is 0. The Morgan fingerprint density at radius 1 is 1.21 bits per heavy atom. The van der Waals surface area contributed by atoms with E-state index in [9.17, 15) is 19.5 Å². The third-order valence-corrected chi connectivity index (χ3v) is 6.03. The summed E-state index contributed by atoms with van der Waals surface area (Å²) in [6.07, 6.45) is 3.58. The standard InChI is InChI=1S/C17H21NO5S/c1-2-23-17(22)11-7-8-24-15(11)18-14(19)12-9-3-5-10(6-4-9)13(12)16(20)21/h7-10,12-13H,2-6H2,1H3,(H,18,19)(H,20,21). The predicted octanol–water partition coefficient (Wildman–Crippen LogP) is 3.00. The first-order chi connectivity index (χ1) is 11.5. The smallest absolute Gasteiger partial charge is 0.341 e. The number of carbonyl (C=O) groups excluding carboxylic acids is 2. The fourth-order valence-electron chi connectivity index (χ4n) is 4.15. The molecular formula is C17H21NO5S. The molecule has 2 atom stereocenters. The van der Waals surface area contributed by atoms with Crippen LogP contribution < -0.4 is 5.32 Å². The van der Waals surface area contributed by atoms with Crippen molar-refractivity contribution in [1.29, 1.82) is 0 Å². The molecule has 0 saturated heterocycles. The van der Waals surface area contributed by atoms with Crippen molar-refractivity contribution in [2.24, 2.45) is 23.7 Å². The minimum absolute atomic E-state index is 0.0797. The van der Waals surface area contributed by atoms with Gasteiger partial charge in [-0.1, -0.05) is 0 Å². The van der Waals surface area contributed by atoms with Crippen LogP contribution in [0.2, 0.25) is 0 Å². The number of hydrogen-bond acceptors (Lipinski definition) is 5. The van der Waals surface area contributed by atoms with Crippen molar-refractivity contribution < 1.29 is 24.2 Å². The molecule has 2 unspecified atom stereocenters. The molecule has 2 bridgehead atoms. The summed E-state index contributed by atoms with van der Waals surface area (Å²) >= 11 is 1.25. The van der Waals surface area contributed by atoms with Crippen LogP contribution in [0, 0.1) is 23.7 Å². The summed E-state index contributed by atoms with van der Waals surface area (Å²) in [5.41, 5.74) is 0.322. The highest BCUT2D eigenvalue weighted by molar-refractivity contribution is 7.14. The maximum absolute atomic E-state index is 12.8. The van der Waals surface area contributed by atoms with E-state index in [2.05, 4.69) is 5.32 Å². The summed E-state index contributed by atoms with van der Waals surface area (Å²) in [5.74, 6) is -2.60. The Labute approximate surface area is 144 Å². The number of hydrogen-bond donors (Lipinski definition) is 2. The summed E-state index contributed by atoms with van der Waals surface area (Å²) in [5, 5.41) is 14.5. The zero-order valence-corrected chi connectivity index (χ0v) is 14.3. The van der Waals surface area contributed by atoms with Crippen LogP contribution in [0.25, 0.3) is 0 Å². The number of esters is 1. The number of ether oxygens (including phenoxy) is 1. The van der Waals surface area contributed by atoms with Crippen molar-refractivity contribution in [2.75, 3.05) is 11.9 Å². The number of nitrogens with one attached hydrogen (secondary N) is 1. The molecule has 4 rings (SSSR count). The van der Waals surface area contributed by atoms with Crippen molar-refractivity contribution in [2.45, 2.75) is 32.6 Å². The second kappa shape index (κ2) is 6.93. The summed E-state index contributed by atoms with van der Waals surface area (Å²) in [4.78, 5) is 36.4. The number of thiophene rings is 1. The first-order valence-corrected chi connectivity index (χ1v) is 9.19. The van der Waals surface area contributed by atoms with Crippen LogP contribution in [0.5, 0.6) is 0 Å². The van der Waals surface area contributed by atoms with Gasteiger partial charge in [-0.3, -0.25) is 9.59 Å². The van der Waals surface area contributed by atoms with Crippen molar-refractivity contribution in [3.8, 4) is 0 Å². The average molecular weight is 351 g/mol. The number of carbonyl (C=O) groups is 3. The van der Waals surface area contributed by atoms with Crippen molar-refractivity contribution in [3.05, 3.63) is 17.0 Å². The SMILES string of the molecule is CCOC(=O)c1ccsc1NC(=O)C1C2CCC(CC2)C1C(=O)O. The molecule has 24 heavy (non-hydrogen) atoms. The Kier molecular flexibility index (Phi) is 4.89. The fourth-order valence-corrected chi connectivity index (χ4v) is 4.93. The van der Waals surface area contributed by atoms with Gasteiger partial charge in [0.05, 0.1) is 24.0 Å². The molecular weight excluding hydrogens is 330 g/mol. The highest BCUT2D eigenvalue weighted by Gasteiger charge is 2.50. The molecule has 0 aromatic carbocycles. The van der Waals surface area contributed by atoms with Crippen LogP contribution in [0.4, 0.5) is 5.00 Å². The minimum atomic E-state index is -0.888. The third-order valence-electron chi connectivity index (χ3n) is 5.20. The van der Waals surface area contributed by atoms with Crippen LogP contribution in [0.15, 0.2) is 11.4 Å². The van der Waals surface area contributed by atoms with E-state index in [-0.39, 0.29) is 24.3 Å². The maximum Gasteiger partial charge on any atom is 0.341 e. The van der Waals surface area contributed by atoms with Crippen molar-refractivity contribution in [3.63, 3.8) is 0 Å². The molecule has 3 fully saturated rings. The van der Waals surface area contributed by atoms with Gasteiger partial charge in [0, 0.05) is 0 Å². The van der Waals surface area contributed by atoms with Crippen LogP contribution >= 0.6 is 11.3 Å². The third kappa shape index (κ3) is 3.05. The van der Waals surface area contributed by atoms with Gasteiger partial charge in [-0.05, 0) is 55.9 Å². The summed E-state index contributed by atoms with van der Waals surface area (Å²) in [6, 6.07) is 1.61. The molecule has 3 aliphatic carbocycles. The molecule has 1 heterocycles.